The zero-order valence-electron chi connectivity index (χ0n) is 11.9. The van der Waals surface area contributed by atoms with Gasteiger partial charge < -0.3 is 26.5 Å². The van der Waals surface area contributed by atoms with E-state index < -0.39 is 5.97 Å². The Labute approximate surface area is 129 Å². The number of aromatic nitrogens is 1. The number of rotatable bonds is 6. The summed E-state index contributed by atoms with van der Waals surface area (Å²) in [4.78, 5) is 10.4. The van der Waals surface area contributed by atoms with E-state index in [9.17, 15) is 4.79 Å². The number of benzene rings is 1. The number of carboxylic acids is 1. The maximum absolute atomic E-state index is 10.4. The third-order valence-electron chi connectivity index (χ3n) is 3.32. The number of oxazole rings is 1. The van der Waals surface area contributed by atoms with E-state index in [0.717, 1.165) is 42.8 Å². The Morgan fingerprint density at radius 2 is 2.00 bits per heavy atom. The Kier molecular flexibility index (Phi) is 6.20. The minimum Gasteiger partial charge on any atom is -1.00 e. The van der Waals surface area contributed by atoms with Crippen molar-refractivity contribution >= 4 is 17.1 Å². The predicted molar refractivity (Wildman–Crippen MR) is 72.0 cm³/mol. The maximum atomic E-state index is 10.4. The molecule has 2 rings (SSSR count). The van der Waals surface area contributed by atoms with E-state index in [2.05, 4.69) is 17.6 Å². The molecule has 1 N–H and O–H groups in total. The van der Waals surface area contributed by atoms with Crippen LogP contribution in [0.2, 0.25) is 0 Å². The molecule has 0 saturated carbocycles. The third kappa shape index (κ3) is 4.07. The predicted octanol–water partition coefficient (Wildman–Crippen LogP) is -0.0139. The average Bonchev–Trinajstić information content (AvgIpc) is 2.65. The summed E-state index contributed by atoms with van der Waals surface area (Å²) in [7, 11) is 0. The van der Waals surface area contributed by atoms with Crippen LogP contribution in [-0.4, -0.2) is 11.1 Å². The zero-order chi connectivity index (χ0) is 13.8. The Morgan fingerprint density at radius 3 is 2.70 bits per heavy atom. The second-order valence-electron chi connectivity index (χ2n) is 4.95. The molecule has 0 amide bonds. The van der Waals surface area contributed by atoms with Crippen LogP contribution in [0.1, 0.15) is 37.1 Å². The highest BCUT2D eigenvalue weighted by atomic mass is 79.9. The molecule has 0 fully saturated rings. The van der Waals surface area contributed by atoms with Crippen LogP contribution in [0.15, 0.2) is 22.6 Å². The summed E-state index contributed by atoms with van der Waals surface area (Å²) in [5.41, 5.74) is 3.25. The maximum Gasteiger partial charge on any atom is 0.344 e. The van der Waals surface area contributed by atoms with Crippen molar-refractivity contribution in [2.45, 2.75) is 46.1 Å². The molecule has 0 bridgehead atoms. The van der Waals surface area contributed by atoms with E-state index >= 15 is 0 Å². The summed E-state index contributed by atoms with van der Waals surface area (Å²) in [6, 6.07) is 6.17. The van der Waals surface area contributed by atoms with Gasteiger partial charge in [-0.25, -0.2) is 0 Å². The number of hydrogen-bond donors (Lipinski definition) is 1. The van der Waals surface area contributed by atoms with E-state index in [1.807, 2.05) is 19.1 Å². The quantitative estimate of drug-likeness (QED) is 0.593. The number of nitrogens with zero attached hydrogens (tertiary/aromatic N) is 1. The van der Waals surface area contributed by atoms with Crippen LogP contribution in [-0.2, 0) is 11.3 Å². The van der Waals surface area contributed by atoms with Crippen LogP contribution in [0.5, 0.6) is 0 Å². The number of halogens is 1. The second kappa shape index (κ2) is 7.43. The van der Waals surface area contributed by atoms with Crippen molar-refractivity contribution in [2.75, 3.05) is 0 Å². The van der Waals surface area contributed by atoms with Crippen LogP contribution in [0.25, 0.3) is 11.1 Å². The Bertz CT molecular complexity index is 592. The van der Waals surface area contributed by atoms with Gasteiger partial charge in [0.25, 0.3) is 5.52 Å². The number of aryl methyl sites for hydroxylation is 3. The molecule has 0 aliphatic carbocycles. The molecular formula is C15H20BrNO3. The number of hydrogen-bond acceptors (Lipinski definition) is 2. The standard InChI is InChI=1S/C15H19NO3.BrH/c1-11-7-8-14-13(10-11)16(12(2)19-14)9-5-3-4-6-15(17)18;/h7-8,10H,3-6,9H2,1-2H3;1H. The van der Waals surface area contributed by atoms with E-state index in [4.69, 9.17) is 9.52 Å². The molecule has 0 atom stereocenters. The lowest BCUT2D eigenvalue weighted by molar-refractivity contribution is -0.683. The van der Waals surface area contributed by atoms with Gasteiger partial charge in [0, 0.05) is 18.9 Å². The van der Waals surface area contributed by atoms with Crippen LogP contribution in [0, 0.1) is 13.8 Å². The summed E-state index contributed by atoms with van der Waals surface area (Å²) < 4.78 is 7.89. The van der Waals surface area contributed by atoms with Crippen molar-refractivity contribution < 1.29 is 35.9 Å². The molecule has 1 aromatic carbocycles. The van der Waals surface area contributed by atoms with E-state index in [1.165, 1.54) is 5.56 Å². The lowest BCUT2D eigenvalue weighted by Gasteiger charge is -1.97. The highest BCUT2D eigenvalue weighted by Gasteiger charge is 2.18. The fourth-order valence-corrected chi connectivity index (χ4v) is 2.31. The molecule has 0 aliphatic rings. The van der Waals surface area contributed by atoms with Gasteiger partial charge >= 0.3 is 11.9 Å². The number of carbonyl (C=O) groups is 1. The summed E-state index contributed by atoms with van der Waals surface area (Å²) >= 11 is 0. The van der Waals surface area contributed by atoms with E-state index in [1.54, 1.807) is 0 Å². The number of unbranched alkanes of at least 4 members (excludes halogenated alkanes) is 2. The van der Waals surface area contributed by atoms with Gasteiger partial charge in [-0.1, -0.05) is 6.07 Å². The van der Waals surface area contributed by atoms with Gasteiger partial charge in [0.05, 0.1) is 6.92 Å². The molecule has 20 heavy (non-hydrogen) atoms. The molecule has 0 spiro atoms. The molecule has 110 valence electrons. The first-order valence-corrected chi connectivity index (χ1v) is 6.69. The first-order chi connectivity index (χ1) is 9.08. The van der Waals surface area contributed by atoms with Crippen LogP contribution in [0.3, 0.4) is 0 Å². The number of aliphatic carboxylic acids is 1. The average molecular weight is 342 g/mol. The summed E-state index contributed by atoms with van der Waals surface area (Å²) in [6.07, 6.45) is 2.90. The molecule has 0 aliphatic heterocycles. The molecule has 0 saturated heterocycles. The molecule has 4 nitrogen and oxygen atoms in total. The van der Waals surface area contributed by atoms with Crippen molar-refractivity contribution in [2.24, 2.45) is 0 Å². The van der Waals surface area contributed by atoms with Crippen molar-refractivity contribution in [3.8, 4) is 0 Å². The Hall–Kier alpha value is -1.36. The summed E-state index contributed by atoms with van der Waals surface area (Å²) in [5.74, 6) is 0.187. The van der Waals surface area contributed by atoms with E-state index in [0.29, 0.717) is 0 Å². The van der Waals surface area contributed by atoms with Gasteiger partial charge in [0.2, 0.25) is 5.58 Å². The van der Waals surface area contributed by atoms with Crippen LogP contribution < -0.4 is 21.5 Å². The lowest BCUT2D eigenvalue weighted by atomic mass is 10.2. The molecular weight excluding hydrogens is 322 g/mol. The minimum atomic E-state index is -0.715. The van der Waals surface area contributed by atoms with Crippen LogP contribution >= 0.6 is 0 Å². The molecule has 0 unspecified atom stereocenters. The molecule has 2 aromatic rings. The topological polar surface area (TPSA) is 54.3 Å². The molecule has 5 heteroatoms. The first-order valence-electron chi connectivity index (χ1n) is 6.69. The normalized spacial score (nSPS) is 10.5. The summed E-state index contributed by atoms with van der Waals surface area (Å²) in [6.45, 7) is 4.91. The SMILES string of the molecule is Cc1ccc2oc(C)[n+](CCCCCC(=O)O)c2c1.[Br-]. The second-order valence-corrected chi connectivity index (χ2v) is 4.95. The molecule has 1 heterocycles. The van der Waals surface area contributed by atoms with Crippen molar-refractivity contribution in [3.05, 3.63) is 29.7 Å². The smallest absolute Gasteiger partial charge is 0.344 e. The third-order valence-corrected chi connectivity index (χ3v) is 3.32. The number of carboxylic acid groups (broad SMARTS) is 1. The Balaban J connectivity index is 0.00000200. The van der Waals surface area contributed by atoms with E-state index in [-0.39, 0.29) is 23.4 Å². The van der Waals surface area contributed by atoms with Crippen molar-refractivity contribution in [1.29, 1.82) is 0 Å². The minimum absolute atomic E-state index is 0. The van der Waals surface area contributed by atoms with Gasteiger partial charge in [0.1, 0.15) is 0 Å². The van der Waals surface area contributed by atoms with Gasteiger partial charge in [-0.2, -0.15) is 4.57 Å². The number of fused-ring (bicyclic) bond motifs is 1. The highest BCUT2D eigenvalue weighted by Crippen LogP contribution is 2.15. The highest BCUT2D eigenvalue weighted by molar-refractivity contribution is 5.69. The molecule has 0 radical (unpaired) electrons. The largest absolute Gasteiger partial charge is 1.00 e. The van der Waals surface area contributed by atoms with Gasteiger partial charge in [-0.05, 0) is 31.4 Å². The van der Waals surface area contributed by atoms with Gasteiger partial charge in [0.15, 0.2) is 6.54 Å². The lowest BCUT2D eigenvalue weighted by Crippen LogP contribution is -3.00. The van der Waals surface area contributed by atoms with Crippen LogP contribution in [0.4, 0.5) is 0 Å². The monoisotopic (exact) mass is 341 g/mol. The fraction of sp³-hybridized carbons (Fsp3) is 0.467. The van der Waals surface area contributed by atoms with Crippen molar-refractivity contribution in [1.82, 2.24) is 0 Å². The fourth-order valence-electron chi connectivity index (χ4n) is 2.31. The summed E-state index contributed by atoms with van der Waals surface area (Å²) in [5, 5.41) is 8.59. The molecule has 1 aromatic heterocycles. The van der Waals surface area contributed by atoms with Gasteiger partial charge in [-0.15, -0.1) is 0 Å². The zero-order valence-corrected chi connectivity index (χ0v) is 13.4. The Morgan fingerprint density at radius 1 is 1.25 bits per heavy atom. The van der Waals surface area contributed by atoms with Crippen molar-refractivity contribution in [3.63, 3.8) is 0 Å². The van der Waals surface area contributed by atoms with Gasteiger partial charge in [-0.3, -0.25) is 4.79 Å². The first kappa shape index (κ1) is 16.7.